The largest absolute Gasteiger partial charge is 0.421 e. The molecule has 0 atom stereocenters. The van der Waals surface area contributed by atoms with E-state index in [2.05, 4.69) is 48.7 Å². The Hall–Kier alpha value is -1.44. The lowest BCUT2D eigenvalue weighted by atomic mass is 10.1. The highest BCUT2D eigenvalue weighted by atomic mass is 79.9. The summed E-state index contributed by atoms with van der Waals surface area (Å²) < 4.78 is 7.06. The lowest BCUT2D eigenvalue weighted by molar-refractivity contribution is 0.561. The Morgan fingerprint density at radius 2 is 2.18 bits per heavy atom. The number of nitrogens with zero attached hydrogens (tertiary/aromatic N) is 1. The van der Waals surface area contributed by atoms with Crippen molar-refractivity contribution in [1.82, 2.24) is 4.98 Å². The minimum Gasteiger partial charge on any atom is -0.421 e. The quantitative estimate of drug-likeness (QED) is 0.455. The van der Waals surface area contributed by atoms with Gasteiger partial charge in [0.15, 0.2) is 10.7 Å². The number of benzene rings is 1. The summed E-state index contributed by atoms with van der Waals surface area (Å²) in [6.45, 7) is 4.27. The Kier molecular flexibility index (Phi) is 4.46. The monoisotopic (exact) mass is 440 g/mol. The summed E-state index contributed by atoms with van der Waals surface area (Å²) in [5.41, 5.74) is 1.16. The summed E-state index contributed by atoms with van der Waals surface area (Å²) in [6.07, 6.45) is 1.75. The maximum atomic E-state index is 12.2. The third-order valence-corrected chi connectivity index (χ3v) is 4.78. The number of thiazole rings is 1. The highest BCUT2D eigenvalue weighted by Crippen LogP contribution is 2.30. The van der Waals surface area contributed by atoms with Crippen molar-refractivity contribution in [3.8, 4) is 11.3 Å². The van der Waals surface area contributed by atoms with Gasteiger partial charge in [-0.25, -0.2) is 9.78 Å². The van der Waals surface area contributed by atoms with Gasteiger partial charge in [0.05, 0.1) is 15.7 Å². The van der Waals surface area contributed by atoms with Gasteiger partial charge in [0, 0.05) is 21.8 Å². The first-order valence-corrected chi connectivity index (χ1v) is 8.78. The number of fused-ring (bicyclic) bond motifs is 1. The van der Waals surface area contributed by atoms with Crippen LogP contribution in [0.15, 0.2) is 54.4 Å². The van der Waals surface area contributed by atoms with Gasteiger partial charge in [0.2, 0.25) is 0 Å². The lowest BCUT2D eigenvalue weighted by Crippen LogP contribution is -2.03. The normalized spacial score (nSPS) is 10.8. The van der Waals surface area contributed by atoms with Gasteiger partial charge in [-0.05, 0) is 34.1 Å². The van der Waals surface area contributed by atoms with Crippen LogP contribution < -0.4 is 10.9 Å². The predicted octanol–water partition coefficient (Wildman–Crippen LogP) is 5.04. The number of rotatable bonds is 4. The zero-order valence-corrected chi connectivity index (χ0v) is 15.2. The van der Waals surface area contributed by atoms with Crippen LogP contribution in [-0.2, 0) is 0 Å². The average molecular weight is 442 g/mol. The van der Waals surface area contributed by atoms with E-state index in [0.717, 1.165) is 19.5 Å². The number of nitrogens with one attached hydrogen (secondary N) is 1. The van der Waals surface area contributed by atoms with Gasteiger partial charge in [-0.3, -0.25) is 0 Å². The Morgan fingerprint density at radius 1 is 1.36 bits per heavy atom. The van der Waals surface area contributed by atoms with E-state index in [9.17, 15) is 4.79 Å². The molecular formula is C15H10Br2N2O2S. The Morgan fingerprint density at radius 3 is 2.95 bits per heavy atom. The fraction of sp³-hybridized carbons (Fsp3) is 0.0667. The lowest BCUT2D eigenvalue weighted by Gasteiger charge is -2.03. The fourth-order valence-electron chi connectivity index (χ4n) is 1.97. The van der Waals surface area contributed by atoms with E-state index in [1.54, 1.807) is 12.1 Å². The van der Waals surface area contributed by atoms with Gasteiger partial charge >= 0.3 is 5.63 Å². The van der Waals surface area contributed by atoms with Crippen molar-refractivity contribution in [3.05, 3.63) is 55.6 Å². The molecule has 4 nitrogen and oxygen atoms in total. The maximum absolute atomic E-state index is 12.2. The van der Waals surface area contributed by atoms with Gasteiger partial charge in [0.25, 0.3) is 0 Å². The molecule has 22 heavy (non-hydrogen) atoms. The zero-order valence-electron chi connectivity index (χ0n) is 11.2. The first-order chi connectivity index (χ1) is 10.6. The van der Waals surface area contributed by atoms with E-state index in [1.807, 2.05) is 17.5 Å². The Bertz CT molecular complexity index is 918. The highest BCUT2D eigenvalue weighted by Gasteiger charge is 2.13. The second-order valence-corrected chi connectivity index (χ2v) is 7.09. The molecule has 0 spiro atoms. The molecule has 3 rings (SSSR count). The van der Waals surface area contributed by atoms with Gasteiger partial charge in [-0.15, -0.1) is 17.9 Å². The molecule has 2 aromatic heterocycles. The number of hydrogen-bond donors (Lipinski definition) is 1. The van der Waals surface area contributed by atoms with Crippen molar-refractivity contribution >= 4 is 59.3 Å². The molecule has 0 aliphatic carbocycles. The third-order valence-electron chi connectivity index (χ3n) is 2.93. The Labute approximate surface area is 147 Å². The molecule has 0 radical (unpaired) electrons. The number of anilines is 1. The van der Waals surface area contributed by atoms with Crippen LogP contribution in [0.5, 0.6) is 0 Å². The van der Waals surface area contributed by atoms with Crippen molar-refractivity contribution < 1.29 is 4.42 Å². The van der Waals surface area contributed by atoms with Crippen molar-refractivity contribution in [3.63, 3.8) is 0 Å². The summed E-state index contributed by atoms with van der Waals surface area (Å²) in [7, 11) is 0. The standard InChI is InChI=1S/C15H10Br2N2O2S/c1-2-3-18-15-19-12(7-22-15)10-5-8-4-9(16)6-11(17)13(8)21-14(10)20/h2,4-7H,1,3H2,(H,18,19). The number of aromatic nitrogens is 1. The number of hydrogen-bond acceptors (Lipinski definition) is 5. The van der Waals surface area contributed by atoms with Crippen LogP contribution in [0, 0.1) is 0 Å². The summed E-state index contributed by atoms with van der Waals surface area (Å²) in [5.74, 6) is 0. The SMILES string of the molecule is C=CCNc1nc(-c2cc3cc(Br)cc(Br)c3oc2=O)cs1. The molecule has 1 aromatic carbocycles. The molecule has 0 fully saturated rings. The van der Waals surface area contributed by atoms with Crippen LogP contribution in [0.1, 0.15) is 0 Å². The molecule has 1 N–H and O–H groups in total. The van der Waals surface area contributed by atoms with Crippen LogP contribution in [0.4, 0.5) is 5.13 Å². The van der Waals surface area contributed by atoms with Crippen molar-refractivity contribution in [2.75, 3.05) is 11.9 Å². The highest BCUT2D eigenvalue weighted by molar-refractivity contribution is 9.11. The van der Waals surface area contributed by atoms with Crippen LogP contribution in [-0.4, -0.2) is 11.5 Å². The van der Waals surface area contributed by atoms with Crippen LogP contribution >= 0.6 is 43.2 Å². The average Bonchev–Trinajstić information content (AvgIpc) is 2.94. The minimum absolute atomic E-state index is 0.406. The molecule has 3 aromatic rings. The molecule has 7 heteroatoms. The molecule has 0 amide bonds. The molecule has 112 valence electrons. The van der Waals surface area contributed by atoms with E-state index in [0.29, 0.717) is 23.4 Å². The first kappa shape index (κ1) is 15.5. The zero-order chi connectivity index (χ0) is 15.7. The van der Waals surface area contributed by atoms with Crippen LogP contribution in [0.25, 0.3) is 22.2 Å². The van der Waals surface area contributed by atoms with Crippen LogP contribution in [0.2, 0.25) is 0 Å². The minimum atomic E-state index is -0.406. The fourth-order valence-corrected chi connectivity index (χ4v) is 4.03. The molecule has 0 saturated heterocycles. The molecular weight excluding hydrogens is 432 g/mol. The summed E-state index contributed by atoms with van der Waals surface area (Å²) >= 11 is 8.27. The topological polar surface area (TPSA) is 55.1 Å². The summed E-state index contributed by atoms with van der Waals surface area (Å²) in [5, 5.41) is 6.50. The molecule has 0 aliphatic heterocycles. The maximum Gasteiger partial charge on any atom is 0.345 e. The van der Waals surface area contributed by atoms with E-state index in [-0.39, 0.29) is 0 Å². The van der Waals surface area contributed by atoms with Gasteiger partial charge in [-0.1, -0.05) is 22.0 Å². The molecule has 0 aliphatic rings. The van der Waals surface area contributed by atoms with E-state index in [1.165, 1.54) is 11.3 Å². The van der Waals surface area contributed by atoms with Gasteiger partial charge in [-0.2, -0.15) is 0 Å². The van der Waals surface area contributed by atoms with Crippen molar-refractivity contribution in [2.24, 2.45) is 0 Å². The van der Waals surface area contributed by atoms with Gasteiger partial charge in [0.1, 0.15) is 0 Å². The van der Waals surface area contributed by atoms with Gasteiger partial charge < -0.3 is 9.73 Å². The predicted molar refractivity (Wildman–Crippen MR) is 97.7 cm³/mol. The first-order valence-electron chi connectivity index (χ1n) is 6.32. The number of halogens is 2. The van der Waals surface area contributed by atoms with E-state index >= 15 is 0 Å². The second kappa shape index (κ2) is 6.36. The summed E-state index contributed by atoms with van der Waals surface area (Å²) in [6, 6.07) is 5.53. The smallest absolute Gasteiger partial charge is 0.345 e. The van der Waals surface area contributed by atoms with Crippen LogP contribution in [0.3, 0.4) is 0 Å². The third kappa shape index (κ3) is 3.02. The molecule has 0 saturated carbocycles. The second-order valence-electron chi connectivity index (χ2n) is 4.46. The molecule has 2 heterocycles. The van der Waals surface area contributed by atoms with E-state index < -0.39 is 5.63 Å². The van der Waals surface area contributed by atoms with E-state index in [4.69, 9.17) is 4.42 Å². The van der Waals surface area contributed by atoms with Crippen molar-refractivity contribution in [1.29, 1.82) is 0 Å². The summed E-state index contributed by atoms with van der Waals surface area (Å²) in [4.78, 5) is 16.6. The van der Waals surface area contributed by atoms with Crippen molar-refractivity contribution in [2.45, 2.75) is 0 Å². The molecule has 0 unspecified atom stereocenters. The Balaban J connectivity index is 2.10. The molecule has 0 bridgehead atoms.